The standard InChI is InChI=1S/C59H110N3O10/c1-7-10-13-16-19-20-21-26-34-45-68-55(63)38-32-28-33-42-61-49-53(72-57(65)41-44-60-43-40-52(48-60)71-58(66)50-62(4,5)6)47-54(61)59(67)69-46-35-27-22-25-31-39-56(64)70-51(36-29-23-17-14-11-8-2)37-30-24-18-15-12-9-3/h51-54H,7-50H2,1-6H3/q+1/t52-,53+,54+/m1/s1. The van der Waals surface area contributed by atoms with E-state index in [0.29, 0.717) is 69.7 Å². The lowest BCUT2D eigenvalue weighted by atomic mass is 10.0. The third-order valence-electron chi connectivity index (χ3n) is 14.4. The molecule has 0 unspecified atom stereocenters. The number of unbranched alkanes of at least 4 members (excludes halogenated alkanes) is 24. The number of carbonyl (C=O) groups is 5. The number of rotatable bonds is 47. The second kappa shape index (κ2) is 42.5. The lowest BCUT2D eigenvalue weighted by molar-refractivity contribution is -0.862. The number of hydrogen-bond donors (Lipinski definition) is 0. The molecule has 0 saturated carbocycles. The summed E-state index contributed by atoms with van der Waals surface area (Å²) in [6, 6.07) is -0.498. The molecule has 0 N–H and O–H groups in total. The van der Waals surface area contributed by atoms with Crippen LogP contribution in [0.3, 0.4) is 0 Å². The van der Waals surface area contributed by atoms with Gasteiger partial charge in [0, 0.05) is 45.4 Å². The predicted octanol–water partition coefficient (Wildman–Crippen LogP) is 12.6. The summed E-state index contributed by atoms with van der Waals surface area (Å²) in [6.07, 6.45) is 36.3. The molecule has 420 valence electrons. The summed E-state index contributed by atoms with van der Waals surface area (Å²) in [5.74, 6) is -0.987. The van der Waals surface area contributed by atoms with Crippen molar-refractivity contribution in [1.29, 1.82) is 0 Å². The monoisotopic (exact) mass is 1020 g/mol. The Kier molecular flexibility index (Phi) is 38.5. The minimum Gasteiger partial charge on any atom is -0.466 e. The van der Waals surface area contributed by atoms with E-state index in [0.717, 1.165) is 103 Å². The van der Waals surface area contributed by atoms with Crippen molar-refractivity contribution >= 4 is 29.8 Å². The van der Waals surface area contributed by atoms with Crippen LogP contribution in [0.5, 0.6) is 0 Å². The topological polar surface area (TPSA) is 138 Å². The van der Waals surface area contributed by atoms with Gasteiger partial charge in [0.2, 0.25) is 0 Å². The zero-order valence-corrected chi connectivity index (χ0v) is 47.3. The molecular formula is C59H110N3O10+. The molecular weight excluding hydrogens is 911 g/mol. The van der Waals surface area contributed by atoms with Crippen LogP contribution < -0.4 is 0 Å². The van der Waals surface area contributed by atoms with Crippen LogP contribution in [0.25, 0.3) is 0 Å². The summed E-state index contributed by atoms with van der Waals surface area (Å²) in [5, 5.41) is 0. The molecule has 2 aliphatic heterocycles. The number of esters is 5. The third kappa shape index (κ3) is 35.4. The molecule has 2 saturated heterocycles. The van der Waals surface area contributed by atoms with Crippen molar-refractivity contribution in [1.82, 2.24) is 9.80 Å². The number of quaternary nitrogens is 1. The molecule has 0 radical (unpaired) electrons. The summed E-state index contributed by atoms with van der Waals surface area (Å²) in [5.41, 5.74) is 0. The number of carbonyl (C=O) groups excluding carboxylic acids is 5. The maximum Gasteiger partial charge on any atom is 0.362 e. The highest BCUT2D eigenvalue weighted by atomic mass is 16.6. The normalized spacial score (nSPS) is 17.4. The largest absolute Gasteiger partial charge is 0.466 e. The molecule has 13 heteroatoms. The van der Waals surface area contributed by atoms with Gasteiger partial charge in [0.25, 0.3) is 0 Å². The molecule has 13 nitrogen and oxygen atoms in total. The lowest BCUT2D eigenvalue weighted by Crippen LogP contribution is -2.41. The van der Waals surface area contributed by atoms with Gasteiger partial charge in [-0.2, -0.15) is 0 Å². The van der Waals surface area contributed by atoms with Gasteiger partial charge < -0.3 is 28.2 Å². The summed E-state index contributed by atoms with van der Waals surface area (Å²) >= 11 is 0. The van der Waals surface area contributed by atoms with E-state index in [1.807, 2.05) is 21.1 Å². The Labute approximate surface area is 440 Å². The molecule has 2 heterocycles. The van der Waals surface area contributed by atoms with Crippen LogP contribution in [0.4, 0.5) is 0 Å². The Balaban J connectivity index is 1.76. The van der Waals surface area contributed by atoms with E-state index in [1.165, 1.54) is 109 Å². The first-order valence-electron chi connectivity index (χ1n) is 30.0. The predicted molar refractivity (Wildman–Crippen MR) is 289 cm³/mol. The quantitative estimate of drug-likeness (QED) is 0.0248. The van der Waals surface area contributed by atoms with Gasteiger partial charge in [0.1, 0.15) is 24.4 Å². The van der Waals surface area contributed by atoms with Gasteiger partial charge in [0.15, 0.2) is 6.54 Å². The van der Waals surface area contributed by atoms with E-state index >= 15 is 0 Å². The molecule has 0 bridgehead atoms. The zero-order valence-electron chi connectivity index (χ0n) is 47.3. The van der Waals surface area contributed by atoms with E-state index in [1.54, 1.807) is 0 Å². The number of likely N-dealkylation sites (tertiary alicyclic amines) is 2. The molecule has 2 rings (SSSR count). The average Bonchev–Trinajstić information content (AvgIpc) is 3.97. The second-order valence-corrected chi connectivity index (χ2v) is 22.5. The fourth-order valence-corrected chi connectivity index (χ4v) is 10.1. The molecule has 0 aromatic rings. The van der Waals surface area contributed by atoms with E-state index in [-0.39, 0.29) is 48.5 Å². The van der Waals surface area contributed by atoms with Crippen molar-refractivity contribution in [2.45, 2.75) is 276 Å². The van der Waals surface area contributed by atoms with Gasteiger partial charge >= 0.3 is 29.8 Å². The van der Waals surface area contributed by atoms with E-state index in [2.05, 4.69) is 30.6 Å². The summed E-state index contributed by atoms with van der Waals surface area (Å²) in [7, 11) is 5.87. The van der Waals surface area contributed by atoms with Gasteiger partial charge in [-0.3, -0.25) is 29.0 Å². The highest BCUT2D eigenvalue weighted by Gasteiger charge is 2.39. The van der Waals surface area contributed by atoms with Crippen LogP contribution in [-0.4, -0.2) is 142 Å². The SMILES string of the molecule is CCCCCCCCCCCOC(=O)CCCCCN1C[C@@H](OC(=O)CCN2CC[C@@H](OC(=O)C[N+](C)(C)C)C2)C[C@H]1C(=O)OCCCCCCCC(=O)OC(CCCCCCCC)CCCCCCCC. The van der Waals surface area contributed by atoms with Gasteiger partial charge in [-0.15, -0.1) is 0 Å². The van der Waals surface area contributed by atoms with Crippen LogP contribution in [0.15, 0.2) is 0 Å². The van der Waals surface area contributed by atoms with Crippen molar-refractivity contribution < 1.29 is 52.1 Å². The summed E-state index contributed by atoms with van der Waals surface area (Å²) in [6.45, 7) is 10.8. The number of hydrogen-bond acceptors (Lipinski definition) is 12. The second-order valence-electron chi connectivity index (χ2n) is 22.5. The van der Waals surface area contributed by atoms with E-state index in [9.17, 15) is 24.0 Å². The maximum absolute atomic E-state index is 13.6. The molecule has 0 amide bonds. The minimum atomic E-state index is -0.498. The highest BCUT2D eigenvalue weighted by Crippen LogP contribution is 2.25. The Morgan fingerprint density at radius 1 is 0.486 bits per heavy atom. The molecule has 0 aromatic carbocycles. The zero-order chi connectivity index (χ0) is 52.5. The van der Waals surface area contributed by atoms with Gasteiger partial charge in [-0.1, -0.05) is 162 Å². The summed E-state index contributed by atoms with van der Waals surface area (Å²) < 4.78 is 29.6. The fraction of sp³-hybridized carbons (Fsp3) is 0.915. The molecule has 0 aliphatic carbocycles. The smallest absolute Gasteiger partial charge is 0.362 e. The Morgan fingerprint density at radius 3 is 1.54 bits per heavy atom. The van der Waals surface area contributed by atoms with Crippen LogP contribution >= 0.6 is 0 Å². The number of likely N-dealkylation sites (N-methyl/N-ethyl adjacent to an activating group) is 1. The molecule has 2 aliphatic rings. The highest BCUT2D eigenvalue weighted by molar-refractivity contribution is 5.76. The summed E-state index contributed by atoms with van der Waals surface area (Å²) in [4.78, 5) is 68.6. The van der Waals surface area contributed by atoms with Crippen molar-refractivity contribution in [3.8, 4) is 0 Å². The van der Waals surface area contributed by atoms with Gasteiger partial charge in [0.05, 0.1) is 40.8 Å². The molecule has 0 spiro atoms. The minimum absolute atomic E-state index is 0.0455. The number of ether oxygens (including phenoxy) is 5. The fourth-order valence-electron chi connectivity index (χ4n) is 10.1. The Hall–Kier alpha value is -2.77. The molecule has 3 atom stereocenters. The van der Waals surface area contributed by atoms with E-state index < -0.39 is 12.1 Å². The first-order chi connectivity index (χ1) is 34.8. The van der Waals surface area contributed by atoms with Crippen LogP contribution in [-0.2, 0) is 47.7 Å². The lowest BCUT2D eigenvalue weighted by Gasteiger charge is -2.23. The Bertz CT molecular complexity index is 1390. The van der Waals surface area contributed by atoms with Crippen molar-refractivity contribution in [2.75, 3.05) is 73.6 Å². The molecule has 0 aromatic heterocycles. The van der Waals surface area contributed by atoms with Crippen LogP contribution in [0.2, 0.25) is 0 Å². The first-order valence-corrected chi connectivity index (χ1v) is 30.0. The Morgan fingerprint density at radius 2 is 0.972 bits per heavy atom. The van der Waals surface area contributed by atoms with Gasteiger partial charge in [-0.05, 0) is 70.8 Å². The molecule has 2 fully saturated rings. The van der Waals surface area contributed by atoms with Crippen molar-refractivity contribution in [3.63, 3.8) is 0 Å². The molecule has 72 heavy (non-hydrogen) atoms. The van der Waals surface area contributed by atoms with Crippen LogP contribution in [0, 0.1) is 0 Å². The van der Waals surface area contributed by atoms with Crippen LogP contribution in [0.1, 0.15) is 252 Å². The van der Waals surface area contributed by atoms with Crippen molar-refractivity contribution in [3.05, 3.63) is 0 Å². The maximum atomic E-state index is 13.6. The first kappa shape index (κ1) is 65.3. The number of nitrogens with zero attached hydrogens (tertiary/aromatic N) is 3. The van der Waals surface area contributed by atoms with E-state index in [4.69, 9.17) is 23.7 Å². The third-order valence-corrected chi connectivity index (χ3v) is 14.4. The van der Waals surface area contributed by atoms with Crippen molar-refractivity contribution in [2.24, 2.45) is 0 Å². The van der Waals surface area contributed by atoms with Gasteiger partial charge in [-0.25, -0.2) is 4.79 Å². The average molecular weight is 1020 g/mol.